The van der Waals surface area contributed by atoms with E-state index in [9.17, 15) is 4.79 Å². The summed E-state index contributed by atoms with van der Waals surface area (Å²) in [5.74, 6) is 1.34. The molecule has 0 aliphatic carbocycles. The molecule has 7 nitrogen and oxygen atoms in total. The van der Waals surface area contributed by atoms with Crippen molar-refractivity contribution in [1.29, 1.82) is 0 Å². The summed E-state index contributed by atoms with van der Waals surface area (Å²) in [7, 11) is 0. The summed E-state index contributed by atoms with van der Waals surface area (Å²) >= 11 is 0. The number of carbonyl (C=O) groups is 1. The van der Waals surface area contributed by atoms with Crippen LogP contribution < -0.4 is 10.6 Å². The van der Waals surface area contributed by atoms with Crippen molar-refractivity contribution in [1.82, 2.24) is 25.3 Å². The lowest BCUT2D eigenvalue weighted by atomic mass is 10.3. The van der Waals surface area contributed by atoms with Gasteiger partial charge in [-0.1, -0.05) is 12.1 Å². The van der Waals surface area contributed by atoms with Crippen molar-refractivity contribution < 1.29 is 4.79 Å². The van der Waals surface area contributed by atoms with Gasteiger partial charge >= 0.3 is 0 Å². The van der Waals surface area contributed by atoms with E-state index in [1.165, 1.54) is 0 Å². The minimum atomic E-state index is 0.00114. The Kier molecular flexibility index (Phi) is 4.78. The van der Waals surface area contributed by atoms with Gasteiger partial charge in [0.1, 0.15) is 5.82 Å². The van der Waals surface area contributed by atoms with Crippen molar-refractivity contribution >= 4 is 22.9 Å². The number of imidazole rings is 1. The maximum atomic E-state index is 11.8. The van der Waals surface area contributed by atoms with Crippen molar-refractivity contribution in [2.45, 2.75) is 19.4 Å². The van der Waals surface area contributed by atoms with Gasteiger partial charge in [-0.3, -0.25) is 4.79 Å². The number of fused-ring (bicyclic) bond motifs is 1. The predicted molar refractivity (Wildman–Crippen MR) is 87.7 cm³/mol. The number of amides is 1. The molecule has 0 saturated heterocycles. The standard InChI is InChI=1S/C16H18N6O/c23-15(7-3-8-17-16-18-9-4-10-19-16)20-11-14-21-12-5-1-2-6-13(12)22-14/h1-2,4-6,9-10H,3,7-8,11H2,(H,20,23)(H,21,22)(H,17,18,19). The SMILES string of the molecule is O=C(CCCNc1ncccn1)NCc1nc2ccccc2[nH]1. The number of nitrogens with one attached hydrogen (secondary N) is 3. The fourth-order valence-electron chi connectivity index (χ4n) is 2.20. The third-order valence-corrected chi connectivity index (χ3v) is 3.32. The van der Waals surface area contributed by atoms with E-state index in [1.807, 2.05) is 24.3 Å². The molecule has 2 heterocycles. The highest BCUT2D eigenvalue weighted by atomic mass is 16.1. The third kappa shape index (κ3) is 4.26. The zero-order valence-electron chi connectivity index (χ0n) is 12.6. The van der Waals surface area contributed by atoms with Crippen molar-refractivity contribution in [3.8, 4) is 0 Å². The molecule has 0 radical (unpaired) electrons. The Morgan fingerprint density at radius 1 is 1.13 bits per heavy atom. The molecule has 0 fully saturated rings. The maximum absolute atomic E-state index is 11.8. The van der Waals surface area contributed by atoms with Crippen molar-refractivity contribution in [3.63, 3.8) is 0 Å². The van der Waals surface area contributed by atoms with Gasteiger partial charge in [-0.05, 0) is 24.6 Å². The second-order valence-corrected chi connectivity index (χ2v) is 5.08. The number of hydrogen-bond donors (Lipinski definition) is 3. The van der Waals surface area contributed by atoms with Gasteiger partial charge in [-0.25, -0.2) is 15.0 Å². The number of aromatic amines is 1. The zero-order chi connectivity index (χ0) is 15.9. The summed E-state index contributed by atoms with van der Waals surface area (Å²) in [6, 6.07) is 9.55. The maximum Gasteiger partial charge on any atom is 0.222 e. The number of rotatable bonds is 7. The average molecular weight is 310 g/mol. The highest BCUT2D eigenvalue weighted by Crippen LogP contribution is 2.09. The Morgan fingerprint density at radius 3 is 2.78 bits per heavy atom. The summed E-state index contributed by atoms with van der Waals surface area (Å²) in [4.78, 5) is 27.6. The van der Waals surface area contributed by atoms with Crippen LogP contribution in [-0.4, -0.2) is 32.4 Å². The normalized spacial score (nSPS) is 10.6. The number of anilines is 1. The van der Waals surface area contributed by atoms with Crippen LogP contribution in [0, 0.1) is 0 Å². The van der Waals surface area contributed by atoms with Crippen molar-refractivity contribution in [2.24, 2.45) is 0 Å². The molecule has 23 heavy (non-hydrogen) atoms. The van der Waals surface area contributed by atoms with Gasteiger partial charge in [0.2, 0.25) is 11.9 Å². The predicted octanol–water partition coefficient (Wildman–Crippen LogP) is 1.86. The fraction of sp³-hybridized carbons (Fsp3) is 0.250. The molecule has 0 unspecified atom stereocenters. The molecule has 7 heteroatoms. The summed E-state index contributed by atoms with van der Waals surface area (Å²) in [5, 5.41) is 5.94. The minimum absolute atomic E-state index is 0.00114. The molecule has 0 aliphatic rings. The van der Waals surface area contributed by atoms with Gasteiger partial charge < -0.3 is 15.6 Å². The first-order valence-electron chi connectivity index (χ1n) is 7.52. The van der Waals surface area contributed by atoms with Crippen LogP contribution in [0.5, 0.6) is 0 Å². The van der Waals surface area contributed by atoms with Crippen LogP contribution in [0.25, 0.3) is 11.0 Å². The zero-order valence-corrected chi connectivity index (χ0v) is 12.6. The van der Waals surface area contributed by atoms with Crippen LogP contribution in [0.1, 0.15) is 18.7 Å². The van der Waals surface area contributed by atoms with Gasteiger partial charge in [0, 0.05) is 25.4 Å². The van der Waals surface area contributed by atoms with E-state index in [4.69, 9.17) is 0 Å². The number of benzene rings is 1. The van der Waals surface area contributed by atoms with Crippen molar-refractivity contribution in [2.75, 3.05) is 11.9 Å². The number of nitrogens with zero attached hydrogens (tertiary/aromatic N) is 3. The summed E-state index contributed by atoms with van der Waals surface area (Å²) in [6.45, 7) is 1.06. The molecular weight excluding hydrogens is 292 g/mol. The van der Waals surface area contributed by atoms with Crippen LogP contribution in [0.15, 0.2) is 42.7 Å². The molecule has 1 aromatic carbocycles. The van der Waals surface area contributed by atoms with Crippen LogP contribution in [-0.2, 0) is 11.3 Å². The quantitative estimate of drug-likeness (QED) is 0.579. The van der Waals surface area contributed by atoms with E-state index in [-0.39, 0.29) is 5.91 Å². The van der Waals surface area contributed by atoms with Crippen LogP contribution in [0.4, 0.5) is 5.95 Å². The Bertz CT molecular complexity index is 737. The number of H-pyrrole nitrogens is 1. The molecule has 0 aliphatic heterocycles. The van der Waals surface area contributed by atoms with E-state index in [0.29, 0.717) is 31.9 Å². The molecule has 1 amide bonds. The second kappa shape index (κ2) is 7.35. The molecule has 3 aromatic rings. The molecule has 2 aromatic heterocycles. The molecule has 0 saturated carbocycles. The van der Waals surface area contributed by atoms with Gasteiger partial charge in [0.15, 0.2) is 0 Å². The van der Waals surface area contributed by atoms with Gasteiger partial charge in [-0.15, -0.1) is 0 Å². The van der Waals surface area contributed by atoms with Crippen LogP contribution in [0.2, 0.25) is 0 Å². The van der Waals surface area contributed by atoms with E-state index < -0.39 is 0 Å². The lowest BCUT2D eigenvalue weighted by Gasteiger charge is -2.05. The number of hydrogen-bond acceptors (Lipinski definition) is 5. The van der Waals surface area contributed by atoms with Gasteiger partial charge in [-0.2, -0.15) is 0 Å². The second-order valence-electron chi connectivity index (χ2n) is 5.08. The molecule has 3 N–H and O–H groups in total. The molecule has 0 bridgehead atoms. The molecule has 0 spiro atoms. The van der Waals surface area contributed by atoms with Crippen molar-refractivity contribution in [3.05, 3.63) is 48.5 Å². The van der Waals surface area contributed by atoms with E-state index in [0.717, 1.165) is 16.9 Å². The minimum Gasteiger partial charge on any atom is -0.354 e. The van der Waals surface area contributed by atoms with Gasteiger partial charge in [0.05, 0.1) is 17.6 Å². The Morgan fingerprint density at radius 2 is 1.96 bits per heavy atom. The van der Waals surface area contributed by atoms with Crippen LogP contribution >= 0.6 is 0 Å². The first-order chi connectivity index (χ1) is 11.3. The lowest BCUT2D eigenvalue weighted by Crippen LogP contribution is -2.23. The molecular formula is C16H18N6O. The largest absolute Gasteiger partial charge is 0.354 e. The fourth-order valence-corrected chi connectivity index (χ4v) is 2.20. The summed E-state index contributed by atoms with van der Waals surface area (Å²) < 4.78 is 0. The van der Waals surface area contributed by atoms with Crippen LogP contribution in [0.3, 0.4) is 0 Å². The first-order valence-corrected chi connectivity index (χ1v) is 7.52. The first kappa shape index (κ1) is 15.0. The van der Waals surface area contributed by atoms with E-state index >= 15 is 0 Å². The monoisotopic (exact) mass is 310 g/mol. The van der Waals surface area contributed by atoms with E-state index in [2.05, 4.69) is 30.6 Å². The molecule has 118 valence electrons. The summed E-state index contributed by atoms with van der Waals surface area (Å²) in [5.41, 5.74) is 1.88. The highest BCUT2D eigenvalue weighted by molar-refractivity contribution is 5.76. The van der Waals surface area contributed by atoms with E-state index in [1.54, 1.807) is 18.5 Å². The number of para-hydroxylation sites is 2. The summed E-state index contributed by atoms with van der Waals surface area (Å²) in [6.07, 6.45) is 4.51. The smallest absolute Gasteiger partial charge is 0.222 e. The number of carbonyl (C=O) groups excluding carboxylic acids is 1. The molecule has 0 atom stereocenters. The average Bonchev–Trinajstić information content (AvgIpc) is 3.01. The Balaban J connectivity index is 1.38. The number of aromatic nitrogens is 4. The highest BCUT2D eigenvalue weighted by Gasteiger charge is 2.05. The topological polar surface area (TPSA) is 95.6 Å². The lowest BCUT2D eigenvalue weighted by molar-refractivity contribution is -0.121. The molecule has 3 rings (SSSR count). The third-order valence-electron chi connectivity index (χ3n) is 3.32. The Hall–Kier alpha value is -2.96. The van der Waals surface area contributed by atoms with Gasteiger partial charge in [0.25, 0.3) is 0 Å². The Labute approximate surface area is 133 Å².